The SMILES string of the molecule is COc1cc(OC)c2c(=O)[nH]c(-c3ccc(N4CCC(NCO[SH](=O)=O)CC4)cc3)nc2c1. The van der Waals surface area contributed by atoms with Crippen LogP contribution in [0.1, 0.15) is 12.8 Å². The van der Waals surface area contributed by atoms with Crippen LogP contribution in [0.15, 0.2) is 41.2 Å². The molecule has 0 radical (unpaired) electrons. The number of aromatic nitrogens is 2. The smallest absolute Gasteiger partial charge is 0.262 e. The van der Waals surface area contributed by atoms with Gasteiger partial charge >= 0.3 is 0 Å². The molecule has 4 rings (SSSR count). The number of benzene rings is 2. The number of fused-ring (bicyclic) bond motifs is 1. The molecule has 33 heavy (non-hydrogen) atoms. The largest absolute Gasteiger partial charge is 0.497 e. The highest BCUT2D eigenvalue weighted by Gasteiger charge is 2.19. The van der Waals surface area contributed by atoms with Crippen LogP contribution in [0, 0.1) is 0 Å². The van der Waals surface area contributed by atoms with Gasteiger partial charge in [-0.1, -0.05) is 0 Å². The van der Waals surface area contributed by atoms with Crippen molar-refractivity contribution in [1.29, 1.82) is 0 Å². The molecule has 2 N–H and O–H groups in total. The van der Waals surface area contributed by atoms with Crippen molar-refractivity contribution in [3.05, 3.63) is 46.8 Å². The molecule has 3 aromatic rings. The number of aromatic amines is 1. The van der Waals surface area contributed by atoms with Crippen molar-refractivity contribution in [3.63, 3.8) is 0 Å². The van der Waals surface area contributed by atoms with Crippen molar-refractivity contribution in [3.8, 4) is 22.9 Å². The molecule has 1 fully saturated rings. The second-order valence-electron chi connectivity index (χ2n) is 7.65. The van der Waals surface area contributed by atoms with Gasteiger partial charge in [-0.15, -0.1) is 0 Å². The maximum atomic E-state index is 12.7. The minimum Gasteiger partial charge on any atom is -0.497 e. The van der Waals surface area contributed by atoms with E-state index in [0.717, 1.165) is 37.2 Å². The molecule has 0 bridgehead atoms. The first-order valence-electron chi connectivity index (χ1n) is 10.5. The third-order valence-electron chi connectivity index (χ3n) is 5.74. The zero-order valence-electron chi connectivity index (χ0n) is 18.4. The Bertz CT molecular complexity index is 1240. The van der Waals surface area contributed by atoms with Gasteiger partial charge in [-0.05, 0) is 37.1 Å². The molecule has 2 aromatic carbocycles. The lowest BCUT2D eigenvalue weighted by molar-refractivity contribution is 0.262. The Labute approximate surface area is 192 Å². The van der Waals surface area contributed by atoms with Gasteiger partial charge in [0.05, 0.1) is 19.7 Å². The summed E-state index contributed by atoms with van der Waals surface area (Å²) in [6.45, 7) is 1.68. The Hall–Kier alpha value is -3.15. The van der Waals surface area contributed by atoms with Crippen molar-refractivity contribution >= 4 is 27.6 Å². The Morgan fingerprint density at radius 3 is 2.48 bits per heavy atom. The summed E-state index contributed by atoms with van der Waals surface area (Å²) in [5.74, 6) is 1.44. The predicted molar refractivity (Wildman–Crippen MR) is 126 cm³/mol. The second kappa shape index (κ2) is 10.2. The van der Waals surface area contributed by atoms with E-state index in [-0.39, 0.29) is 18.3 Å². The van der Waals surface area contributed by atoms with Crippen LogP contribution in [-0.2, 0) is 15.2 Å². The molecule has 0 unspecified atom stereocenters. The van der Waals surface area contributed by atoms with Crippen LogP contribution in [0.25, 0.3) is 22.3 Å². The molecule has 0 spiro atoms. The van der Waals surface area contributed by atoms with E-state index in [1.165, 1.54) is 7.11 Å². The van der Waals surface area contributed by atoms with Gasteiger partial charge < -0.3 is 19.4 Å². The van der Waals surface area contributed by atoms with Crippen LogP contribution in [-0.4, -0.2) is 58.5 Å². The van der Waals surface area contributed by atoms with E-state index in [1.807, 2.05) is 24.3 Å². The number of hydrogen-bond donors (Lipinski definition) is 3. The summed E-state index contributed by atoms with van der Waals surface area (Å²) < 4.78 is 36.1. The van der Waals surface area contributed by atoms with Crippen molar-refractivity contribution in [2.24, 2.45) is 0 Å². The highest BCUT2D eigenvalue weighted by Crippen LogP contribution is 2.29. The topological polar surface area (TPSA) is 123 Å². The van der Waals surface area contributed by atoms with E-state index < -0.39 is 11.0 Å². The van der Waals surface area contributed by atoms with E-state index in [0.29, 0.717) is 28.2 Å². The predicted octanol–water partition coefficient (Wildman–Crippen LogP) is 1.67. The summed E-state index contributed by atoms with van der Waals surface area (Å²) in [4.78, 5) is 22.5. The molecular formula is C22H26N4O6S. The summed E-state index contributed by atoms with van der Waals surface area (Å²) in [5, 5.41) is 3.48. The molecule has 0 atom stereocenters. The van der Waals surface area contributed by atoms with E-state index in [1.54, 1.807) is 19.2 Å². The zero-order chi connectivity index (χ0) is 23.4. The third kappa shape index (κ3) is 5.27. The van der Waals surface area contributed by atoms with Crippen molar-refractivity contribution in [2.45, 2.75) is 18.9 Å². The number of nitrogens with one attached hydrogen (secondary N) is 2. The maximum absolute atomic E-state index is 12.7. The Morgan fingerprint density at radius 1 is 1.12 bits per heavy atom. The molecule has 1 aliphatic rings. The normalized spacial score (nSPS) is 14.7. The van der Waals surface area contributed by atoms with Crippen molar-refractivity contribution < 1.29 is 22.1 Å². The number of ether oxygens (including phenoxy) is 2. The number of thiol groups is 1. The number of H-pyrrole nitrogens is 1. The van der Waals surface area contributed by atoms with Gasteiger partial charge in [-0.2, -0.15) is 0 Å². The first-order valence-corrected chi connectivity index (χ1v) is 11.6. The van der Waals surface area contributed by atoms with Crippen LogP contribution < -0.4 is 25.2 Å². The molecule has 2 heterocycles. The fraction of sp³-hybridized carbons (Fsp3) is 0.364. The first kappa shape index (κ1) is 23.0. The summed E-state index contributed by atoms with van der Waals surface area (Å²) in [7, 11) is 0.228. The molecule has 0 amide bonds. The molecule has 1 aliphatic heterocycles. The van der Waals surface area contributed by atoms with Crippen molar-refractivity contribution in [2.75, 3.05) is 38.9 Å². The Balaban J connectivity index is 1.49. The van der Waals surface area contributed by atoms with Crippen molar-refractivity contribution in [1.82, 2.24) is 15.3 Å². The summed E-state index contributed by atoms with van der Waals surface area (Å²) in [5.41, 5.74) is 2.08. The maximum Gasteiger partial charge on any atom is 0.262 e. The molecular weight excluding hydrogens is 448 g/mol. The Morgan fingerprint density at radius 2 is 1.85 bits per heavy atom. The van der Waals surface area contributed by atoms with Gasteiger partial charge in [0, 0.05) is 42.5 Å². The van der Waals surface area contributed by atoms with E-state index in [4.69, 9.17) is 9.47 Å². The molecule has 10 nitrogen and oxygen atoms in total. The Kier molecular flexibility index (Phi) is 7.11. The van der Waals surface area contributed by atoms with Gasteiger partial charge in [-0.3, -0.25) is 14.3 Å². The standard InChI is InChI=1S/C22H26N4O6S/c1-30-17-11-18-20(19(12-17)31-2)22(27)25-21(24-18)14-3-5-16(6-4-14)26-9-7-15(8-10-26)23-13-32-33(28)29/h3-6,11-12,15,23,33H,7-10,13H2,1-2H3,(H,24,25,27). The lowest BCUT2D eigenvalue weighted by Crippen LogP contribution is -2.43. The van der Waals surface area contributed by atoms with Gasteiger partial charge in [-0.25, -0.2) is 13.4 Å². The molecule has 11 heteroatoms. The average Bonchev–Trinajstić information content (AvgIpc) is 2.83. The van der Waals surface area contributed by atoms with Gasteiger partial charge in [0.25, 0.3) is 16.5 Å². The average molecular weight is 475 g/mol. The molecule has 0 saturated carbocycles. The van der Waals surface area contributed by atoms with Gasteiger partial charge in [0.2, 0.25) is 0 Å². The number of rotatable bonds is 8. The van der Waals surface area contributed by atoms with Gasteiger partial charge in [0.1, 0.15) is 29.4 Å². The zero-order valence-corrected chi connectivity index (χ0v) is 19.3. The summed E-state index contributed by atoms with van der Waals surface area (Å²) in [6, 6.07) is 11.5. The van der Waals surface area contributed by atoms with E-state index >= 15 is 0 Å². The number of piperidine rings is 1. The van der Waals surface area contributed by atoms with Crippen LogP contribution in [0.5, 0.6) is 11.5 Å². The quantitative estimate of drug-likeness (QED) is 0.330. The minimum absolute atomic E-state index is 0.00672. The number of methoxy groups -OCH3 is 2. The minimum atomic E-state index is -2.82. The van der Waals surface area contributed by atoms with Gasteiger partial charge in [0.15, 0.2) is 0 Å². The van der Waals surface area contributed by atoms with Crippen LogP contribution in [0.2, 0.25) is 0 Å². The number of hydrogen-bond acceptors (Lipinski definition) is 9. The lowest BCUT2D eigenvalue weighted by Gasteiger charge is -2.34. The second-order valence-corrected chi connectivity index (χ2v) is 8.35. The molecule has 1 aromatic heterocycles. The van der Waals surface area contributed by atoms with Crippen LogP contribution in [0.3, 0.4) is 0 Å². The number of nitrogens with zero attached hydrogens (tertiary/aromatic N) is 2. The number of anilines is 1. The van der Waals surface area contributed by atoms with Crippen LogP contribution in [0.4, 0.5) is 5.69 Å². The van der Waals surface area contributed by atoms with Crippen LogP contribution >= 0.6 is 0 Å². The van der Waals surface area contributed by atoms with E-state index in [9.17, 15) is 13.2 Å². The monoisotopic (exact) mass is 474 g/mol. The summed E-state index contributed by atoms with van der Waals surface area (Å²) >= 11 is 0. The third-order valence-corrected chi connectivity index (χ3v) is 6.08. The molecule has 0 aliphatic carbocycles. The molecule has 1 saturated heterocycles. The first-order chi connectivity index (χ1) is 16.0. The lowest BCUT2D eigenvalue weighted by atomic mass is 10.0. The summed E-state index contributed by atoms with van der Waals surface area (Å²) in [6.07, 6.45) is 1.76. The fourth-order valence-corrected chi connectivity index (χ4v) is 4.19. The highest BCUT2D eigenvalue weighted by molar-refractivity contribution is 7.67. The molecule has 176 valence electrons. The highest BCUT2D eigenvalue weighted by atomic mass is 32.2. The van der Waals surface area contributed by atoms with E-state index in [2.05, 4.69) is 24.4 Å². The fourth-order valence-electron chi connectivity index (χ4n) is 4.01.